The summed E-state index contributed by atoms with van der Waals surface area (Å²) >= 11 is 0. The van der Waals surface area contributed by atoms with E-state index in [0.717, 1.165) is 5.56 Å². The van der Waals surface area contributed by atoms with E-state index in [4.69, 9.17) is 0 Å². The molecule has 6 heteroatoms. The molecule has 0 radical (unpaired) electrons. The van der Waals surface area contributed by atoms with Crippen LogP contribution in [0.15, 0.2) is 24.3 Å². The molecule has 1 fully saturated rings. The van der Waals surface area contributed by atoms with E-state index >= 15 is 0 Å². The lowest BCUT2D eigenvalue weighted by atomic mass is 10.00. The molecule has 21 heavy (non-hydrogen) atoms. The molecular formula is C15H21N3O3. The molecule has 2 amide bonds. The van der Waals surface area contributed by atoms with Gasteiger partial charge in [0.25, 0.3) is 0 Å². The van der Waals surface area contributed by atoms with Crippen LogP contribution in [0.25, 0.3) is 0 Å². The standard InChI is InChI=1S/C15H21N3O3/c1-15(13(19)20)7-4-8-18(15)14(21)17-12-6-3-5-11(9-12)10-16-2/h3,5-6,9,16H,4,7-8,10H2,1-2H3,(H,17,21)(H,19,20). The number of hydrogen-bond acceptors (Lipinski definition) is 3. The first-order chi connectivity index (χ1) is 9.97. The van der Waals surface area contributed by atoms with Gasteiger partial charge in [0, 0.05) is 18.8 Å². The van der Waals surface area contributed by atoms with Crippen LogP contribution in [0.3, 0.4) is 0 Å². The number of carbonyl (C=O) groups is 2. The topological polar surface area (TPSA) is 81.7 Å². The predicted octanol–water partition coefficient (Wildman–Crippen LogP) is 1.88. The fourth-order valence-electron chi connectivity index (χ4n) is 2.67. The number of rotatable bonds is 4. The van der Waals surface area contributed by atoms with Gasteiger partial charge in [-0.15, -0.1) is 0 Å². The zero-order chi connectivity index (χ0) is 15.5. The molecule has 1 atom stereocenters. The number of carboxylic acid groups (broad SMARTS) is 1. The van der Waals surface area contributed by atoms with Crippen LogP contribution in [-0.2, 0) is 11.3 Å². The quantitative estimate of drug-likeness (QED) is 0.791. The van der Waals surface area contributed by atoms with E-state index in [0.29, 0.717) is 31.6 Å². The smallest absolute Gasteiger partial charge is 0.329 e. The summed E-state index contributed by atoms with van der Waals surface area (Å²) in [6, 6.07) is 7.14. The second kappa shape index (κ2) is 6.13. The molecular weight excluding hydrogens is 270 g/mol. The van der Waals surface area contributed by atoms with Gasteiger partial charge in [0.1, 0.15) is 5.54 Å². The van der Waals surface area contributed by atoms with Gasteiger partial charge in [-0.05, 0) is 44.5 Å². The van der Waals surface area contributed by atoms with Crippen molar-refractivity contribution in [1.82, 2.24) is 10.2 Å². The third kappa shape index (κ3) is 3.16. The Bertz CT molecular complexity index is 547. The molecule has 1 aliphatic heterocycles. The Morgan fingerprint density at radius 3 is 2.86 bits per heavy atom. The summed E-state index contributed by atoms with van der Waals surface area (Å²) < 4.78 is 0. The molecule has 1 saturated heterocycles. The van der Waals surface area contributed by atoms with Crippen LogP contribution in [0.4, 0.5) is 10.5 Å². The maximum absolute atomic E-state index is 12.3. The third-order valence-electron chi connectivity index (χ3n) is 3.91. The minimum absolute atomic E-state index is 0.362. The lowest BCUT2D eigenvalue weighted by Gasteiger charge is -2.31. The monoisotopic (exact) mass is 291 g/mol. The van der Waals surface area contributed by atoms with Crippen molar-refractivity contribution in [2.24, 2.45) is 0 Å². The van der Waals surface area contributed by atoms with E-state index < -0.39 is 11.5 Å². The lowest BCUT2D eigenvalue weighted by molar-refractivity contribution is -0.146. The minimum Gasteiger partial charge on any atom is -0.480 e. The fourth-order valence-corrected chi connectivity index (χ4v) is 2.67. The first kappa shape index (κ1) is 15.3. The number of anilines is 1. The normalized spacial score (nSPS) is 21.3. The molecule has 1 aromatic carbocycles. The van der Waals surface area contributed by atoms with Gasteiger partial charge >= 0.3 is 12.0 Å². The van der Waals surface area contributed by atoms with Gasteiger partial charge in [0.05, 0.1) is 0 Å². The van der Waals surface area contributed by atoms with Crippen LogP contribution in [0.2, 0.25) is 0 Å². The maximum Gasteiger partial charge on any atom is 0.329 e. The van der Waals surface area contributed by atoms with E-state index in [1.165, 1.54) is 4.90 Å². The first-order valence-electron chi connectivity index (χ1n) is 7.03. The van der Waals surface area contributed by atoms with Crippen molar-refractivity contribution in [3.8, 4) is 0 Å². The number of carbonyl (C=O) groups excluding carboxylic acids is 1. The van der Waals surface area contributed by atoms with Gasteiger partial charge < -0.3 is 20.6 Å². The van der Waals surface area contributed by atoms with Gasteiger partial charge in [0.2, 0.25) is 0 Å². The minimum atomic E-state index is -1.12. The van der Waals surface area contributed by atoms with Crippen molar-refractivity contribution in [3.05, 3.63) is 29.8 Å². The molecule has 3 N–H and O–H groups in total. The van der Waals surface area contributed by atoms with Gasteiger partial charge in [0.15, 0.2) is 0 Å². The van der Waals surface area contributed by atoms with Crippen LogP contribution in [-0.4, -0.2) is 41.1 Å². The summed E-state index contributed by atoms with van der Waals surface area (Å²) in [5.41, 5.74) is 0.609. The van der Waals surface area contributed by atoms with Crippen LogP contribution in [0.5, 0.6) is 0 Å². The maximum atomic E-state index is 12.3. The molecule has 0 saturated carbocycles. The predicted molar refractivity (Wildman–Crippen MR) is 80.2 cm³/mol. The molecule has 0 aromatic heterocycles. The summed E-state index contributed by atoms with van der Waals surface area (Å²) in [4.78, 5) is 25.1. The van der Waals surface area contributed by atoms with E-state index in [9.17, 15) is 14.7 Å². The number of urea groups is 1. The number of carboxylic acids is 1. The second-order valence-corrected chi connectivity index (χ2v) is 5.50. The summed E-state index contributed by atoms with van der Waals surface area (Å²) in [7, 11) is 1.85. The third-order valence-corrected chi connectivity index (χ3v) is 3.91. The molecule has 2 rings (SSSR count). The average molecular weight is 291 g/mol. The number of benzene rings is 1. The van der Waals surface area contributed by atoms with Crippen molar-refractivity contribution >= 4 is 17.7 Å². The highest BCUT2D eigenvalue weighted by Gasteiger charge is 2.45. The van der Waals surface area contributed by atoms with Crippen molar-refractivity contribution in [1.29, 1.82) is 0 Å². The van der Waals surface area contributed by atoms with E-state index in [2.05, 4.69) is 10.6 Å². The number of nitrogens with one attached hydrogen (secondary N) is 2. The van der Waals surface area contributed by atoms with Gasteiger partial charge in [-0.1, -0.05) is 12.1 Å². The van der Waals surface area contributed by atoms with Crippen LogP contribution < -0.4 is 10.6 Å². The highest BCUT2D eigenvalue weighted by molar-refractivity contribution is 5.94. The Balaban J connectivity index is 2.11. The van der Waals surface area contributed by atoms with Crippen molar-refractivity contribution in [2.45, 2.75) is 31.8 Å². The molecule has 1 unspecified atom stereocenters. The molecule has 1 aliphatic rings. The zero-order valence-electron chi connectivity index (χ0n) is 12.3. The Hall–Kier alpha value is -2.08. The van der Waals surface area contributed by atoms with Crippen molar-refractivity contribution < 1.29 is 14.7 Å². The van der Waals surface area contributed by atoms with Crippen molar-refractivity contribution in [3.63, 3.8) is 0 Å². The van der Waals surface area contributed by atoms with Gasteiger partial charge in [-0.2, -0.15) is 0 Å². The molecule has 0 bridgehead atoms. The molecule has 0 spiro atoms. The summed E-state index contributed by atoms with van der Waals surface area (Å²) in [6.07, 6.45) is 1.19. The van der Waals surface area contributed by atoms with Crippen LogP contribution in [0, 0.1) is 0 Å². The van der Waals surface area contributed by atoms with Crippen molar-refractivity contribution in [2.75, 3.05) is 18.9 Å². The van der Waals surface area contributed by atoms with Gasteiger partial charge in [-0.3, -0.25) is 0 Å². The SMILES string of the molecule is CNCc1cccc(NC(=O)N2CCCC2(C)C(=O)O)c1. The Labute approximate surface area is 124 Å². The molecule has 0 aliphatic carbocycles. The van der Waals surface area contributed by atoms with E-state index in [1.807, 2.05) is 25.2 Å². The van der Waals surface area contributed by atoms with E-state index in [1.54, 1.807) is 13.0 Å². The molecule has 1 heterocycles. The number of amides is 2. The van der Waals surface area contributed by atoms with Gasteiger partial charge in [-0.25, -0.2) is 9.59 Å². The molecule has 114 valence electrons. The highest BCUT2D eigenvalue weighted by Crippen LogP contribution is 2.29. The molecule has 6 nitrogen and oxygen atoms in total. The van der Waals surface area contributed by atoms with Crippen LogP contribution >= 0.6 is 0 Å². The first-order valence-corrected chi connectivity index (χ1v) is 7.03. The fraction of sp³-hybridized carbons (Fsp3) is 0.467. The number of likely N-dealkylation sites (tertiary alicyclic amines) is 1. The Morgan fingerprint density at radius 1 is 1.43 bits per heavy atom. The number of nitrogens with zero attached hydrogens (tertiary/aromatic N) is 1. The van der Waals surface area contributed by atoms with Crippen LogP contribution in [0.1, 0.15) is 25.3 Å². The number of aliphatic carboxylic acids is 1. The largest absolute Gasteiger partial charge is 0.480 e. The lowest BCUT2D eigenvalue weighted by Crippen LogP contribution is -2.52. The second-order valence-electron chi connectivity index (χ2n) is 5.50. The zero-order valence-corrected chi connectivity index (χ0v) is 12.3. The highest BCUT2D eigenvalue weighted by atomic mass is 16.4. The summed E-state index contributed by atoms with van der Waals surface area (Å²) in [5.74, 6) is -0.959. The summed E-state index contributed by atoms with van der Waals surface area (Å²) in [5, 5.41) is 15.2. The molecule has 1 aromatic rings. The average Bonchev–Trinajstić information content (AvgIpc) is 2.83. The van der Waals surface area contributed by atoms with E-state index in [-0.39, 0.29) is 6.03 Å². The Kier molecular flexibility index (Phi) is 4.47. The summed E-state index contributed by atoms with van der Waals surface area (Å²) in [6.45, 7) is 2.77. The Morgan fingerprint density at radius 2 is 2.19 bits per heavy atom. The number of hydrogen-bond donors (Lipinski definition) is 3.